The quantitative estimate of drug-likeness (QED) is 0.159. The molecule has 0 radical (unpaired) electrons. The van der Waals surface area contributed by atoms with Crippen molar-refractivity contribution in [3.8, 4) is 0 Å². The summed E-state index contributed by atoms with van der Waals surface area (Å²) in [6.45, 7) is 5.40. The molecule has 0 bridgehead atoms. The summed E-state index contributed by atoms with van der Waals surface area (Å²) in [5.41, 5.74) is 15.3. The maximum atomic E-state index is 11.3. The van der Waals surface area contributed by atoms with Crippen LogP contribution in [0.15, 0.2) is 0 Å². The Hall–Kier alpha value is -1.26. The van der Waals surface area contributed by atoms with E-state index in [2.05, 4.69) is 13.8 Å². The lowest BCUT2D eigenvalue weighted by Crippen LogP contribution is -2.53. The summed E-state index contributed by atoms with van der Waals surface area (Å²) >= 11 is 0. The van der Waals surface area contributed by atoms with E-state index >= 15 is 0 Å². The minimum absolute atomic E-state index is 0.177. The number of hydrogen-bond donors (Lipinski definition) is 6. The third-order valence-corrected chi connectivity index (χ3v) is 4.91. The first-order chi connectivity index (χ1) is 14.7. The lowest BCUT2D eigenvalue weighted by molar-refractivity contribution is -0.158. The summed E-state index contributed by atoms with van der Waals surface area (Å²) in [7, 11) is 0. The molecule has 0 rings (SSSR count). The number of aliphatic hydroxyl groups is 3. The van der Waals surface area contributed by atoms with Gasteiger partial charge in [-0.3, -0.25) is 9.59 Å². The number of primary amides is 2. The Kier molecular flexibility index (Phi) is 22.6. The summed E-state index contributed by atoms with van der Waals surface area (Å²) in [5.74, 6) is -2.21. The van der Waals surface area contributed by atoms with Crippen molar-refractivity contribution >= 4 is 11.8 Å². The molecule has 0 aliphatic rings. The predicted molar refractivity (Wildman–Crippen MR) is 122 cm³/mol. The summed E-state index contributed by atoms with van der Waals surface area (Å²) in [6.07, 6.45) is 6.82. The van der Waals surface area contributed by atoms with E-state index in [-0.39, 0.29) is 6.61 Å². The number of carbonyl (C=O) groups is 2. The van der Waals surface area contributed by atoms with Crippen LogP contribution in [-0.4, -0.2) is 64.7 Å². The van der Waals surface area contributed by atoms with Gasteiger partial charge in [-0.2, -0.15) is 0 Å². The van der Waals surface area contributed by atoms with E-state index in [4.69, 9.17) is 21.9 Å². The van der Waals surface area contributed by atoms with Crippen molar-refractivity contribution in [2.45, 2.75) is 115 Å². The van der Waals surface area contributed by atoms with Gasteiger partial charge in [0.2, 0.25) is 11.8 Å². The Morgan fingerprint density at radius 3 is 1.58 bits per heavy atom. The number of aliphatic hydroxyl groups excluding tert-OH is 3. The highest BCUT2D eigenvalue weighted by Crippen LogP contribution is 2.11. The predicted octanol–water partition coefficient (Wildman–Crippen LogP) is 1.09. The number of amides is 2. The number of carbonyl (C=O) groups excluding carboxylic acids is 2. The topological polar surface area (TPSA) is 182 Å². The molecule has 9 N–H and O–H groups in total. The first kappa shape index (κ1) is 31.9. The molecule has 9 nitrogen and oxygen atoms in total. The maximum absolute atomic E-state index is 11.3. The summed E-state index contributed by atoms with van der Waals surface area (Å²) in [6, 6.07) is 0. The van der Waals surface area contributed by atoms with Crippen molar-refractivity contribution in [3.05, 3.63) is 0 Å². The normalized spacial score (nSPS) is 14.8. The van der Waals surface area contributed by atoms with Crippen molar-refractivity contribution in [1.82, 2.24) is 0 Å². The second-order valence-electron chi connectivity index (χ2n) is 7.85. The molecule has 0 aromatic rings. The molecule has 4 atom stereocenters. The number of nitrogens with two attached hydrogens (primary N) is 3. The Balaban J connectivity index is 0. The van der Waals surface area contributed by atoms with Crippen LogP contribution in [0.4, 0.5) is 0 Å². The lowest BCUT2D eigenvalue weighted by Gasteiger charge is -2.26. The Bertz CT molecular complexity index is 433. The molecular formula is C22H47N3O6. The Labute approximate surface area is 187 Å². The van der Waals surface area contributed by atoms with Crippen LogP contribution in [0.3, 0.4) is 0 Å². The molecule has 0 unspecified atom stereocenters. The van der Waals surface area contributed by atoms with Crippen molar-refractivity contribution in [1.29, 1.82) is 0 Å². The van der Waals surface area contributed by atoms with E-state index in [0.717, 1.165) is 32.2 Å². The summed E-state index contributed by atoms with van der Waals surface area (Å²) in [4.78, 5) is 22.0. The number of ether oxygens (including phenoxy) is 1. The zero-order chi connectivity index (χ0) is 24.1. The first-order valence-electron chi connectivity index (χ1n) is 11.7. The molecule has 2 amide bonds. The molecule has 0 saturated heterocycles. The molecule has 186 valence electrons. The van der Waals surface area contributed by atoms with Crippen molar-refractivity contribution in [2.75, 3.05) is 13.2 Å². The second kappa shape index (κ2) is 22.0. The van der Waals surface area contributed by atoms with E-state index < -0.39 is 36.2 Å². The average Bonchev–Trinajstić information content (AvgIpc) is 2.74. The van der Waals surface area contributed by atoms with Gasteiger partial charge in [0.1, 0.15) is 12.2 Å². The van der Waals surface area contributed by atoms with Crippen LogP contribution in [0, 0.1) is 0 Å². The monoisotopic (exact) mass is 449 g/mol. The van der Waals surface area contributed by atoms with Gasteiger partial charge < -0.3 is 37.3 Å². The smallest absolute Gasteiger partial charge is 0.249 e. The van der Waals surface area contributed by atoms with Gasteiger partial charge in [0.15, 0.2) is 12.2 Å². The highest BCUT2D eigenvalue weighted by Gasteiger charge is 2.37. The first-order valence-corrected chi connectivity index (χ1v) is 11.7. The molecular weight excluding hydrogens is 402 g/mol. The van der Waals surface area contributed by atoms with E-state index in [1.807, 2.05) is 0 Å². The Morgan fingerprint density at radius 1 is 0.710 bits per heavy atom. The third-order valence-electron chi connectivity index (χ3n) is 4.91. The molecule has 0 aromatic heterocycles. The van der Waals surface area contributed by atoms with Gasteiger partial charge in [-0.25, -0.2) is 0 Å². The SMILES string of the molecule is CCCCCCCCN.CCCCCCCCO[C@@H](C(N)=O)[C@@H](O)[C@H](O)[C@H](O)C(N)=O. The highest BCUT2D eigenvalue weighted by atomic mass is 16.5. The molecule has 0 spiro atoms. The number of unbranched alkanes of at least 4 members (excludes halogenated alkanes) is 10. The van der Waals surface area contributed by atoms with Gasteiger partial charge >= 0.3 is 0 Å². The Morgan fingerprint density at radius 2 is 1.16 bits per heavy atom. The summed E-state index contributed by atoms with van der Waals surface area (Å²) < 4.78 is 5.18. The van der Waals surface area contributed by atoms with Gasteiger partial charge in [-0.05, 0) is 19.4 Å². The lowest BCUT2D eigenvalue weighted by atomic mass is 10.0. The minimum atomic E-state index is -2.01. The zero-order valence-corrected chi connectivity index (χ0v) is 19.5. The highest BCUT2D eigenvalue weighted by molar-refractivity contribution is 5.81. The summed E-state index contributed by atoms with van der Waals surface area (Å²) in [5, 5.41) is 28.7. The molecule has 0 fully saturated rings. The van der Waals surface area contributed by atoms with Gasteiger partial charge in [0.25, 0.3) is 0 Å². The number of hydrogen-bond acceptors (Lipinski definition) is 7. The fourth-order valence-electron chi connectivity index (χ4n) is 2.90. The zero-order valence-electron chi connectivity index (χ0n) is 19.5. The van der Waals surface area contributed by atoms with E-state index in [1.54, 1.807) is 0 Å². The van der Waals surface area contributed by atoms with Crippen LogP contribution in [0.1, 0.15) is 90.9 Å². The van der Waals surface area contributed by atoms with E-state index in [9.17, 15) is 24.9 Å². The van der Waals surface area contributed by atoms with Gasteiger partial charge in [0, 0.05) is 6.61 Å². The molecule has 0 aromatic carbocycles. The van der Waals surface area contributed by atoms with Gasteiger partial charge in [-0.1, -0.05) is 78.1 Å². The fourth-order valence-corrected chi connectivity index (χ4v) is 2.90. The van der Waals surface area contributed by atoms with Crippen LogP contribution in [0.5, 0.6) is 0 Å². The van der Waals surface area contributed by atoms with Gasteiger partial charge in [-0.15, -0.1) is 0 Å². The van der Waals surface area contributed by atoms with Crippen molar-refractivity contribution < 1.29 is 29.6 Å². The van der Waals surface area contributed by atoms with Crippen LogP contribution in [0.25, 0.3) is 0 Å². The van der Waals surface area contributed by atoms with E-state index in [1.165, 1.54) is 44.9 Å². The largest absolute Gasteiger partial charge is 0.387 e. The molecule has 0 heterocycles. The van der Waals surface area contributed by atoms with Crippen LogP contribution >= 0.6 is 0 Å². The van der Waals surface area contributed by atoms with E-state index in [0.29, 0.717) is 6.42 Å². The van der Waals surface area contributed by atoms with Gasteiger partial charge in [0.05, 0.1) is 0 Å². The third kappa shape index (κ3) is 18.1. The average molecular weight is 450 g/mol. The maximum Gasteiger partial charge on any atom is 0.249 e. The molecule has 0 aliphatic heterocycles. The number of rotatable bonds is 19. The second-order valence-corrected chi connectivity index (χ2v) is 7.85. The van der Waals surface area contributed by atoms with Crippen LogP contribution in [-0.2, 0) is 14.3 Å². The molecule has 0 saturated carbocycles. The standard InChI is InChI=1S/C14H28N2O6.C8H19N/c1-2-3-4-5-6-7-8-22-12(14(16)21)10(18)9(17)11(19)13(15)20;1-2-3-4-5-6-7-8-9/h9-12,17-19H,2-8H2,1H3,(H2,15,20)(H2,16,21);2-9H2,1H3/t9-,10-,11-,12+;/m0./s1. The fraction of sp³-hybridized carbons (Fsp3) is 0.909. The molecule has 0 aliphatic carbocycles. The molecule has 9 heteroatoms. The van der Waals surface area contributed by atoms with Crippen molar-refractivity contribution in [3.63, 3.8) is 0 Å². The minimum Gasteiger partial charge on any atom is -0.387 e. The van der Waals surface area contributed by atoms with Crippen molar-refractivity contribution in [2.24, 2.45) is 17.2 Å². The van der Waals surface area contributed by atoms with Crippen LogP contribution in [0.2, 0.25) is 0 Å². The molecule has 31 heavy (non-hydrogen) atoms. The van der Waals surface area contributed by atoms with Crippen LogP contribution < -0.4 is 17.2 Å².